The van der Waals surface area contributed by atoms with Crippen molar-refractivity contribution in [3.8, 4) is 5.75 Å². The third-order valence-electron chi connectivity index (χ3n) is 2.46. The van der Waals surface area contributed by atoms with E-state index >= 15 is 0 Å². The molecule has 2 N–H and O–H groups in total. The van der Waals surface area contributed by atoms with Gasteiger partial charge in [0, 0.05) is 0 Å². The normalized spacial score (nSPS) is 10.0. The van der Waals surface area contributed by atoms with Crippen LogP contribution in [0.4, 0.5) is 0 Å². The van der Waals surface area contributed by atoms with Gasteiger partial charge in [-0.1, -0.05) is 6.07 Å². The molecule has 0 saturated heterocycles. The maximum atomic E-state index is 11.6. The van der Waals surface area contributed by atoms with Crippen molar-refractivity contribution < 1.29 is 23.8 Å². The molecule has 0 aliphatic heterocycles. The lowest BCUT2D eigenvalue weighted by Crippen LogP contribution is -2.28. The van der Waals surface area contributed by atoms with E-state index in [-0.39, 0.29) is 17.9 Å². The summed E-state index contributed by atoms with van der Waals surface area (Å²) in [7, 11) is 0. The summed E-state index contributed by atoms with van der Waals surface area (Å²) in [6.07, 6.45) is 1.50. The average Bonchev–Trinajstić information content (AvgIpc) is 2.95. The summed E-state index contributed by atoms with van der Waals surface area (Å²) in [6, 6.07) is 9.14. The maximum absolute atomic E-state index is 11.6. The highest BCUT2D eigenvalue weighted by atomic mass is 16.5. The topological polar surface area (TPSA) is 88.8 Å². The highest BCUT2D eigenvalue weighted by molar-refractivity contribution is 5.91. The van der Waals surface area contributed by atoms with Crippen LogP contribution in [0.25, 0.3) is 0 Å². The minimum Gasteiger partial charge on any atom is -0.508 e. The first kappa shape index (κ1) is 13.7. The first-order valence-electron chi connectivity index (χ1n) is 5.90. The molecule has 0 saturated carbocycles. The zero-order valence-electron chi connectivity index (χ0n) is 10.5. The highest BCUT2D eigenvalue weighted by Crippen LogP contribution is 2.11. The molecule has 0 atom stereocenters. The van der Waals surface area contributed by atoms with Crippen LogP contribution in [0.2, 0.25) is 0 Å². The number of esters is 1. The zero-order chi connectivity index (χ0) is 14.4. The molecular weight excluding hydrogens is 262 g/mol. The Labute approximate surface area is 115 Å². The van der Waals surface area contributed by atoms with Gasteiger partial charge in [0.05, 0.1) is 18.4 Å². The SMILES string of the molecule is O=C(COC(=O)c1cccc(O)c1)NCc1ccco1. The lowest BCUT2D eigenvalue weighted by atomic mass is 10.2. The summed E-state index contributed by atoms with van der Waals surface area (Å²) in [5.74, 6) is -0.539. The Balaban J connectivity index is 1.77. The van der Waals surface area contributed by atoms with Crippen LogP contribution in [0.15, 0.2) is 47.1 Å². The zero-order valence-corrected chi connectivity index (χ0v) is 10.5. The van der Waals surface area contributed by atoms with E-state index in [0.29, 0.717) is 5.76 Å². The molecular formula is C14H13NO5. The Morgan fingerprint density at radius 2 is 2.10 bits per heavy atom. The molecule has 0 radical (unpaired) electrons. The molecule has 20 heavy (non-hydrogen) atoms. The molecule has 0 fully saturated rings. The molecule has 2 rings (SSSR count). The second-order valence-corrected chi connectivity index (χ2v) is 3.98. The number of phenolic OH excluding ortho intramolecular Hbond substituents is 1. The fraction of sp³-hybridized carbons (Fsp3) is 0.143. The van der Waals surface area contributed by atoms with Crippen LogP contribution in [0.5, 0.6) is 5.75 Å². The van der Waals surface area contributed by atoms with Crippen LogP contribution in [0.1, 0.15) is 16.1 Å². The predicted octanol–water partition coefficient (Wildman–Crippen LogP) is 1.46. The molecule has 1 aromatic carbocycles. The van der Waals surface area contributed by atoms with Crippen LogP contribution in [-0.4, -0.2) is 23.6 Å². The van der Waals surface area contributed by atoms with Crippen LogP contribution in [0.3, 0.4) is 0 Å². The summed E-state index contributed by atoms with van der Waals surface area (Å²) >= 11 is 0. The van der Waals surface area contributed by atoms with Crippen LogP contribution in [-0.2, 0) is 16.1 Å². The van der Waals surface area contributed by atoms with Gasteiger partial charge in [-0.05, 0) is 30.3 Å². The average molecular weight is 275 g/mol. The molecule has 2 aromatic rings. The van der Waals surface area contributed by atoms with Gasteiger partial charge in [-0.3, -0.25) is 4.79 Å². The van der Waals surface area contributed by atoms with Crippen molar-refractivity contribution in [1.29, 1.82) is 0 Å². The van der Waals surface area contributed by atoms with Gasteiger partial charge >= 0.3 is 5.97 Å². The van der Waals surface area contributed by atoms with Crippen LogP contribution in [0, 0.1) is 0 Å². The van der Waals surface area contributed by atoms with Gasteiger partial charge in [-0.15, -0.1) is 0 Å². The van der Waals surface area contributed by atoms with Gasteiger partial charge in [0.15, 0.2) is 6.61 Å². The lowest BCUT2D eigenvalue weighted by Gasteiger charge is -2.05. The number of aromatic hydroxyl groups is 1. The Hall–Kier alpha value is -2.76. The van der Waals surface area contributed by atoms with Crippen molar-refractivity contribution in [3.05, 3.63) is 54.0 Å². The predicted molar refractivity (Wildman–Crippen MR) is 68.9 cm³/mol. The van der Waals surface area contributed by atoms with E-state index in [9.17, 15) is 14.7 Å². The van der Waals surface area contributed by atoms with E-state index in [4.69, 9.17) is 9.15 Å². The Morgan fingerprint density at radius 1 is 1.25 bits per heavy atom. The van der Waals surface area contributed by atoms with E-state index in [1.54, 1.807) is 12.1 Å². The number of hydrogen-bond donors (Lipinski definition) is 2. The molecule has 0 unspecified atom stereocenters. The van der Waals surface area contributed by atoms with E-state index in [1.165, 1.54) is 30.5 Å². The number of nitrogens with one attached hydrogen (secondary N) is 1. The number of furan rings is 1. The Kier molecular flexibility index (Phi) is 4.39. The molecule has 0 bridgehead atoms. The quantitative estimate of drug-likeness (QED) is 0.806. The molecule has 1 aromatic heterocycles. The minimum absolute atomic E-state index is 0.0401. The second-order valence-electron chi connectivity index (χ2n) is 3.98. The summed E-state index contributed by atoms with van der Waals surface area (Å²) in [4.78, 5) is 23.1. The third-order valence-corrected chi connectivity index (χ3v) is 2.46. The largest absolute Gasteiger partial charge is 0.508 e. The molecule has 6 heteroatoms. The number of benzene rings is 1. The van der Waals surface area contributed by atoms with E-state index in [1.807, 2.05) is 0 Å². The number of carbonyl (C=O) groups excluding carboxylic acids is 2. The minimum atomic E-state index is -0.672. The van der Waals surface area contributed by atoms with E-state index in [0.717, 1.165) is 0 Å². The molecule has 0 spiro atoms. The van der Waals surface area contributed by atoms with Crippen molar-refractivity contribution in [3.63, 3.8) is 0 Å². The van der Waals surface area contributed by atoms with Gasteiger partial charge in [0.2, 0.25) is 0 Å². The smallest absolute Gasteiger partial charge is 0.338 e. The Bertz CT molecular complexity index is 591. The van der Waals surface area contributed by atoms with Gasteiger partial charge in [-0.2, -0.15) is 0 Å². The Morgan fingerprint density at radius 3 is 2.80 bits per heavy atom. The standard InChI is InChI=1S/C14H13NO5/c16-11-4-1-3-10(7-11)14(18)20-9-13(17)15-8-12-5-2-6-19-12/h1-7,16H,8-9H2,(H,15,17). The lowest BCUT2D eigenvalue weighted by molar-refractivity contribution is -0.124. The summed E-state index contributed by atoms with van der Waals surface area (Å²) in [5.41, 5.74) is 0.184. The summed E-state index contributed by atoms with van der Waals surface area (Å²) in [5, 5.41) is 11.8. The number of rotatable bonds is 5. The molecule has 0 aliphatic rings. The molecule has 1 amide bonds. The van der Waals surface area contributed by atoms with Crippen LogP contribution >= 0.6 is 0 Å². The van der Waals surface area contributed by atoms with Crippen LogP contribution < -0.4 is 5.32 Å². The van der Waals surface area contributed by atoms with Gasteiger partial charge in [0.1, 0.15) is 11.5 Å². The summed E-state index contributed by atoms with van der Waals surface area (Å²) < 4.78 is 9.86. The second kappa shape index (κ2) is 6.42. The molecule has 1 heterocycles. The van der Waals surface area contributed by atoms with Gasteiger partial charge < -0.3 is 19.6 Å². The maximum Gasteiger partial charge on any atom is 0.338 e. The number of hydrogen-bond acceptors (Lipinski definition) is 5. The third kappa shape index (κ3) is 3.88. The summed E-state index contributed by atoms with van der Waals surface area (Å²) in [6.45, 7) is -0.162. The fourth-order valence-electron chi connectivity index (χ4n) is 1.50. The van der Waals surface area contributed by atoms with Crippen molar-refractivity contribution in [2.45, 2.75) is 6.54 Å². The monoisotopic (exact) mass is 275 g/mol. The van der Waals surface area contributed by atoms with Crippen molar-refractivity contribution >= 4 is 11.9 Å². The fourth-order valence-corrected chi connectivity index (χ4v) is 1.50. The van der Waals surface area contributed by atoms with Gasteiger partial charge in [0.25, 0.3) is 5.91 Å². The van der Waals surface area contributed by atoms with E-state index in [2.05, 4.69) is 5.32 Å². The first-order chi connectivity index (χ1) is 9.65. The number of carbonyl (C=O) groups is 2. The molecule has 104 valence electrons. The highest BCUT2D eigenvalue weighted by Gasteiger charge is 2.10. The number of phenols is 1. The van der Waals surface area contributed by atoms with Crippen molar-refractivity contribution in [1.82, 2.24) is 5.32 Å². The van der Waals surface area contributed by atoms with E-state index < -0.39 is 18.5 Å². The number of ether oxygens (including phenoxy) is 1. The molecule has 0 aliphatic carbocycles. The van der Waals surface area contributed by atoms with Crippen molar-refractivity contribution in [2.24, 2.45) is 0 Å². The van der Waals surface area contributed by atoms with Crippen molar-refractivity contribution in [2.75, 3.05) is 6.61 Å². The molecule has 6 nitrogen and oxygen atoms in total. The first-order valence-corrected chi connectivity index (χ1v) is 5.90. The number of amides is 1. The van der Waals surface area contributed by atoms with Gasteiger partial charge in [-0.25, -0.2) is 4.79 Å².